The van der Waals surface area contributed by atoms with Crippen molar-refractivity contribution in [2.24, 2.45) is 5.92 Å². The van der Waals surface area contributed by atoms with E-state index >= 15 is 0 Å². The van der Waals surface area contributed by atoms with Crippen LogP contribution in [0.2, 0.25) is 0 Å². The number of methoxy groups -OCH3 is 1. The zero-order valence-corrected chi connectivity index (χ0v) is 16.6. The first kappa shape index (κ1) is 19.7. The van der Waals surface area contributed by atoms with Gasteiger partial charge in [0.1, 0.15) is 12.4 Å². The molecule has 0 aliphatic carbocycles. The average Bonchev–Trinajstić information content (AvgIpc) is 3.05. The van der Waals surface area contributed by atoms with Crippen molar-refractivity contribution in [1.82, 2.24) is 14.9 Å². The van der Waals surface area contributed by atoms with Gasteiger partial charge in [-0.05, 0) is 24.3 Å². The van der Waals surface area contributed by atoms with Crippen LogP contribution in [0.5, 0.6) is 11.5 Å². The van der Waals surface area contributed by atoms with E-state index in [0.29, 0.717) is 26.1 Å². The average molecular weight is 381 g/mol. The summed E-state index contributed by atoms with van der Waals surface area (Å²) in [6, 6.07) is 15.7. The summed E-state index contributed by atoms with van der Waals surface area (Å²) in [7, 11) is 1.63. The molecule has 6 nitrogen and oxygen atoms in total. The molecule has 1 N–H and O–H groups in total. The molecule has 3 rings (SSSR count). The lowest BCUT2D eigenvalue weighted by Crippen LogP contribution is -2.30. The van der Waals surface area contributed by atoms with E-state index in [1.54, 1.807) is 7.11 Å². The topological polar surface area (TPSA) is 65.4 Å². The van der Waals surface area contributed by atoms with Gasteiger partial charge in [0.25, 0.3) is 0 Å². The maximum atomic E-state index is 11.8. The number of ether oxygens (including phenoxy) is 2. The molecule has 0 saturated heterocycles. The molecule has 28 heavy (non-hydrogen) atoms. The van der Waals surface area contributed by atoms with Gasteiger partial charge in [0.15, 0.2) is 11.5 Å². The van der Waals surface area contributed by atoms with Crippen molar-refractivity contribution >= 4 is 16.9 Å². The number of fused-ring (bicyclic) bond motifs is 1. The highest BCUT2D eigenvalue weighted by atomic mass is 16.5. The summed E-state index contributed by atoms with van der Waals surface area (Å²) in [6.45, 7) is 5.49. The molecule has 0 fully saturated rings. The van der Waals surface area contributed by atoms with Crippen LogP contribution in [0, 0.1) is 5.92 Å². The summed E-state index contributed by atoms with van der Waals surface area (Å²) in [5.41, 5.74) is 2.02. The number of rotatable bonds is 9. The van der Waals surface area contributed by atoms with Crippen LogP contribution in [-0.4, -0.2) is 35.7 Å². The lowest BCUT2D eigenvalue weighted by Gasteiger charge is -2.13. The number of hydrogen-bond acceptors (Lipinski definition) is 4. The predicted molar refractivity (Wildman–Crippen MR) is 110 cm³/mol. The fourth-order valence-electron chi connectivity index (χ4n) is 3.05. The number of hydrogen-bond donors (Lipinski definition) is 1. The van der Waals surface area contributed by atoms with Gasteiger partial charge in [-0.25, -0.2) is 4.98 Å². The zero-order valence-electron chi connectivity index (χ0n) is 16.6. The molecule has 0 radical (unpaired) electrons. The Bertz CT molecular complexity index is 934. The Hall–Kier alpha value is -3.02. The number of para-hydroxylation sites is 4. The molecule has 1 amide bonds. The molecule has 0 aliphatic heterocycles. The van der Waals surface area contributed by atoms with Crippen molar-refractivity contribution in [3.63, 3.8) is 0 Å². The number of nitrogens with zero attached hydrogens (tertiary/aromatic N) is 2. The number of imidazole rings is 1. The summed E-state index contributed by atoms with van der Waals surface area (Å²) < 4.78 is 13.4. The highest BCUT2D eigenvalue weighted by Crippen LogP contribution is 2.26. The maximum absolute atomic E-state index is 11.8. The minimum atomic E-state index is -0.0203. The zero-order chi connectivity index (χ0) is 19.9. The van der Waals surface area contributed by atoms with E-state index in [4.69, 9.17) is 14.5 Å². The highest BCUT2D eigenvalue weighted by molar-refractivity contribution is 5.78. The van der Waals surface area contributed by atoms with Crippen LogP contribution in [0.25, 0.3) is 11.0 Å². The van der Waals surface area contributed by atoms with Crippen molar-refractivity contribution in [3.8, 4) is 11.5 Å². The molecule has 0 atom stereocenters. The third-order valence-corrected chi connectivity index (χ3v) is 4.55. The van der Waals surface area contributed by atoms with Gasteiger partial charge in [-0.15, -0.1) is 0 Å². The first-order valence-corrected chi connectivity index (χ1v) is 9.58. The second kappa shape index (κ2) is 9.26. The monoisotopic (exact) mass is 381 g/mol. The first-order valence-electron chi connectivity index (χ1n) is 9.58. The lowest BCUT2D eigenvalue weighted by atomic mass is 10.2. The van der Waals surface area contributed by atoms with Gasteiger partial charge >= 0.3 is 0 Å². The van der Waals surface area contributed by atoms with E-state index in [1.807, 2.05) is 56.3 Å². The largest absolute Gasteiger partial charge is 0.493 e. The van der Waals surface area contributed by atoms with Gasteiger partial charge in [-0.3, -0.25) is 4.79 Å². The van der Waals surface area contributed by atoms with E-state index in [-0.39, 0.29) is 11.8 Å². The molecule has 148 valence electrons. The van der Waals surface area contributed by atoms with E-state index in [2.05, 4.69) is 16.0 Å². The number of benzene rings is 2. The molecule has 1 heterocycles. The lowest BCUT2D eigenvalue weighted by molar-refractivity contribution is -0.123. The van der Waals surface area contributed by atoms with Gasteiger partial charge in [-0.1, -0.05) is 38.1 Å². The fourth-order valence-corrected chi connectivity index (χ4v) is 3.05. The van der Waals surface area contributed by atoms with Crippen molar-refractivity contribution in [3.05, 3.63) is 54.4 Å². The maximum Gasteiger partial charge on any atom is 0.222 e. The molecule has 2 aromatic carbocycles. The number of carbonyl (C=O) groups excluding carboxylic acids is 1. The van der Waals surface area contributed by atoms with Crippen LogP contribution in [0.3, 0.4) is 0 Å². The van der Waals surface area contributed by atoms with Gasteiger partial charge < -0.3 is 19.4 Å². The van der Waals surface area contributed by atoms with Gasteiger partial charge in [0.05, 0.1) is 24.7 Å². The van der Waals surface area contributed by atoms with Crippen molar-refractivity contribution in [2.75, 3.05) is 20.3 Å². The molecule has 3 aromatic rings. The first-order chi connectivity index (χ1) is 13.6. The molecule has 0 bridgehead atoms. The summed E-state index contributed by atoms with van der Waals surface area (Å²) in [4.78, 5) is 16.6. The van der Waals surface area contributed by atoms with Gasteiger partial charge in [-0.2, -0.15) is 0 Å². The minimum Gasteiger partial charge on any atom is -0.493 e. The van der Waals surface area contributed by atoms with E-state index in [1.165, 1.54) is 0 Å². The molecule has 0 aliphatic rings. The molecule has 6 heteroatoms. The predicted octanol–water partition coefficient (Wildman–Crippen LogP) is 3.44. The Labute approximate surface area is 165 Å². The van der Waals surface area contributed by atoms with Gasteiger partial charge in [0.2, 0.25) is 5.91 Å². The normalized spacial score (nSPS) is 11.0. The van der Waals surface area contributed by atoms with Crippen molar-refractivity contribution in [1.29, 1.82) is 0 Å². The van der Waals surface area contributed by atoms with Crippen LogP contribution in [0.1, 0.15) is 19.7 Å². The van der Waals surface area contributed by atoms with Crippen LogP contribution >= 0.6 is 0 Å². The molecule has 0 unspecified atom stereocenters. The Morgan fingerprint density at radius 1 is 1.11 bits per heavy atom. The number of carbonyl (C=O) groups is 1. The highest BCUT2D eigenvalue weighted by Gasteiger charge is 2.12. The molecular weight excluding hydrogens is 354 g/mol. The van der Waals surface area contributed by atoms with E-state index < -0.39 is 0 Å². The SMILES string of the molecule is COc1ccccc1OCCn1c(CCNC(=O)C(C)C)nc2ccccc21. The number of amides is 1. The third-order valence-electron chi connectivity index (χ3n) is 4.55. The van der Waals surface area contributed by atoms with Crippen LogP contribution in [0.15, 0.2) is 48.5 Å². The summed E-state index contributed by atoms with van der Waals surface area (Å²) in [5.74, 6) is 2.42. The standard InChI is InChI=1S/C22H27N3O3/c1-16(2)22(26)23-13-12-21-24-17-8-4-5-9-18(17)25(21)14-15-28-20-11-7-6-10-19(20)27-3/h4-11,16H,12-15H2,1-3H3,(H,23,26). The molecule has 1 aromatic heterocycles. The quantitative estimate of drug-likeness (QED) is 0.617. The fraction of sp³-hybridized carbons (Fsp3) is 0.364. The smallest absolute Gasteiger partial charge is 0.222 e. The second-order valence-corrected chi connectivity index (χ2v) is 6.86. The molecule has 0 saturated carbocycles. The van der Waals surface area contributed by atoms with Crippen LogP contribution < -0.4 is 14.8 Å². The number of nitrogens with one attached hydrogen (secondary N) is 1. The molecule has 0 spiro atoms. The second-order valence-electron chi connectivity index (χ2n) is 6.86. The third kappa shape index (κ3) is 4.63. The van der Waals surface area contributed by atoms with Crippen molar-refractivity contribution in [2.45, 2.75) is 26.8 Å². The summed E-state index contributed by atoms with van der Waals surface area (Å²) >= 11 is 0. The van der Waals surface area contributed by atoms with Crippen LogP contribution in [0.4, 0.5) is 0 Å². The van der Waals surface area contributed by atoms with Crippen molar-refractivity contribution < 1.29 is 14.3 Å². The van der Waals surface area contributed by atoms with Gasteiger partial charge in [0, 0.05) is 18.9 Å². The summed E-state index contributed by atoms with van der Waals surface area (Å²) in [5, 5.41) is 2.96. The Morgan fingerprint density at radius 3 is 2.57 bits per heavy atom. The minimum absolute atomic E-state index is 0.0203. The number of aromatic nitrogens is 2. The molecular formula is C22H27N3O3. The Balaban J connectivity index is 1.70. The van der Waals surface area contributed by atoms with E-state index in [9.17, 15) is 4.79 Å². The Kier molecular flexibility index (Phi) is 6.53. The summed E-state index contributed by atoms with van der Waals surface area (Å²) in [6.07, 6.45) is 0.668. The van der Waals surface area contributed by atoms with E-state index in [0.717, 1.165) is 28.4 Å². The Morgan fingerprint density at radius 2 is 1.82 bits per heavy atom. The van der Waals surface area contributed by atoms with Crippen LogP contribution in [-0.2, 0) is 17.8 Å².